The summed E-state index contributed by atoms with van der Waals surface area (Å²) in [7, 11) is 3.57. The summed E-state index contributed by atoms with van der Waals surface area (Å²) >= 11 is 1.75. The summed E-state index contributed by atoms with van der Waals surface area (Å²) in [5.41, 5.74) is 0.854. The third kappa shape index (κ3) is 7.10. The lowest BCUT2D eigenvalue weighted by Gasteiger charge is -2.15. The molecule has 168 valence electrons. The Kier molecular flexibility index (Phi) is 10.0. The van der Waals surface area contributed by atoms with E-state index in [0.717, 1.165) is 30.3 Å². The van der Waals surface area contributed by atoms with Crippen LogP contribution < -0.4 is 20.1 Å². The number of guanidine groups is 1. The van der Waals surface area contributed by atoms with Gasteiger partial charge in [-0.3, -0.25) is 0 Å². The van der Waals surface area contributed by atoms with Gasteiger partial charge in [-0.25, -0.2) is 4.99 Å². The van der Waals surface area contributed by atoms with E-state index < -0.39 is 0 Å². The lowest BCUT2D eigenvalue weighted by atomic mass is 10.2. The largest absolute Gasteiger partial charge is 0.493 e. The molecule has 0 spiro atoms. The Bertz CT molecular complexity index is 974. The van der Waals surface area contributed by atoms with Crippen molar-refractivity contribution in [2.24, 2.45) is 12.0 Å². The monoisotopic (exact) mass is 556 g/mol. The smallest absolute Gasteiger partial charge is 0.196 e. The first-order valence-corrected chi connectivity index (χ1v) is 10.7. The van der Waals surface area contributed by atoms with Crippen LogP contribution in [0.3, 0.4) is 0 Å². The first-order chi connectivity index (χ1) is 14.6. The van der Waals surface area contributed by atoms with E-state index in [1.54, 1.807) is 18.4 Å². The van der Waals surface area contributed by atoms with Crippen LogP contribution in [0.15, 0.2) is 40.7 Å². The molecule has 0 aliphatic rings. The highest BCUT2D eigenvalue weighted by molar-refractivity contribution is 14.0. The Labute approximate surface area is 204 Å². The predicted octanol–water partition coefficient (Wildman–Crippen LogP) is 4.01. The summed E-state index contributed by atoms with van der Waals surface area (Å²) in [5.74, 6) is 3.71. The summed E-state index contributed by atoms with van der Waals surface area (Å²) in [6.45, 7) is 5.63. The van der Waals surface area contributed by atoms with E-state index >= 15 is 0 Å². The van der Waals surface area contributed by atoms with Gasteiger partial charge in [-0.05, 0) is 43.8 Å². The maximum Gasteiger partial charge on any atom is 0.196 e. The molecule has 3 rings (SSSR count). The molecule has 0 aliphatic carbocycles. The number of anilines is 1. The van der Waals surface area contributed by atoms with Crippen LogP contribution in [0.25, 0.3) is 0 Å². The van der Waals surface area contributed by atoms with Crippen molar-refractivity contribution in [1.82, 2.24) is 20.1 Å². The standard InChI is InChI=1S/C21H28N6O2S.HI/c1-5-29-18-9-8-16(13-19(18)28-4)24-21(22-11-10-17-7-6-12-30-17)23-14-20-26-25-15(2)27(20)3;/h6-9,12-13H,5,10-11,14H2,1-4H3,(H2,22,23,24);1H. The van der Waals surface area contributed by atoms with Gasteiger partial charge in [0.25, 0.3) is 0 Å². The van der Waals surface area contributed by atoms with Crippen LogP contribution in [0, 0.1) is 6.92 Å². The molecule has 0 radical (unpaired) electrons. The van der Waals surface area contributed by atoms with Crippen LogP contribution in [0.5, 0.6) is 11.5 Å². The van der Waals surface area contributed by atoms with Crippen molar-refractivity contribution in [3.63, 3.8) is 0 Å². The summed E-state index contributed by atoms with van der Waals surface area (Å²) < 4.78 is 13.0. The van der Waals surface area contributed by atoms with Crippen molar-refractivity contribution >= 4 is 47.0 Å². The van der Waals surface area contributed by atoms with Crippen LogP contribution in [-0.4, -0.2) is 41.0 Å². The van der Waals surface area contributed by atoms with Crippen LogP contribution in [0.1, 0.15) is 23.4 Å². The predicted molar refractivity (Wildman–Crippen MR) is 136 cm³/mol. The van der Waals surface area contributed by atoms with Gasteiger partial charge >= 0.3 is 0 Å². The summed E-state index contributed by atoms with van der Waals surface area (Å²) in [5, 5.41) is 17.1. The molecule has 0 atom stereocenters. The second-order valence-corrected chi connectivity index (χ2v) is 7.60. The van der Waals surface area contributed by atoms with Gasteiger partial charge in [-0.2, -0.15) is 0 Å². The number of thiophene rings is 1. The molecule has 8 nitrogen and oxygen atoms in total. The molecule has 10 heteroatoms. The van der Waals surface area contributed by atoms with Crippen LogP contribution in [-0.2, 0) is 20.0 Å². The van der Waals surface area contributed by atoms with Gasteiger partial charge in [0, 0.05) is 30.2 Å². The van der Waals surface area contributed by atoms with Crippen molar-refractivity contribution in [1.29, 1.82) is 0 Å². The number of hydrogen-bond donors (Lipinski definition) is 2. The summed E-state index contributed by atoms with van der Waals surface area (Å²) in [4.78, 5) is 6.03. The molecule has 2 heterocycles. The minimum atomic E-state index is 0. The number of aryl methyl sites for hydroxylation is 1. The Morgan fingerprint density at radius 2 is 2.06 bits per heavy atom. The number of hydrogen-bond acceptors (Lipinski definition) is 6. The lowest BCUT2D eigenvalue weighted by Crippen LogP contribution is -2.32. The molecule has 0 amide bonds. The van der Waals surface area contributed by atoms with Crippen molar-refractivity contribution in [2.75, 3.05) is 25.6 Å². The van der Waals surface area contributed by atoms with Gasteiger partial charge in [0.2, 0.25) is 0 Å². The molecule has 3 aromatic rings. The van der Waals surface area contributed by atoms with Gasteiger partial charge in [0.15, 0.2) is 23.3 Å². The van der Waals surface area contributed by atoms with Gasteiger partial charge < -0.3 is 24.7 Å². The Balaban J connectivity index is 0.00000341. The molecule has 2 aromatic heterocycles. The number of methoxy groups -OCH3 is 1. The van der Waals surface area contributed by atoms with Crippen molar-refractivity contribution in [2.45, 2.75) is 26.8 Å². The summed E-state index contributed by atoms with van der Waals surface area (Å²) in [6.07, 6.45) is 0.925. The number of rotatable bonds is 9. The van der Waals surface area contributed by atoms with Crippen LogP contribution >= 0.6 is 35.3 Å². The zero-order valence-corrected chi connectivity index (χ0v) is 21.4. The maximum absolute atomic E-state index is 5.60. The van der Waals surface area contributed by atoms with Crippen molar-refractivity contribution in [3.05, 3.63) is 52.2 Å². The maximum atomic E-state index is 5.60. The fourth-order valence-corrected chi connectivity index (χ4v) is 3.50. The number of nitrogens with one attached hydrogen (secondary N) is 2. The van der Waals surface area contributed by atoms with E-state index in [1.807, 2.05) is 43.7 Å². The summed E-state index contributed by atoms with van der Waals surface area (Å²) in [6, 6.07) is 9.93. The molecule has 1 aromatic carbocycles. The van der Waals surface area contributed by atoms with E-state index in [2.05, 4.69) is 38.3 Å². The second-order valence-electron chi connectivity index (χ2n) is 6.57. The van der Waals surface area contributed by atoms with Gasteiger partial charge in [-0.1, -0.05) is 6.07 Å². The zero-order chi connectivity index (χ0) is 21.3. The first kappa shape index (κ1) is 24.9. The van der Waals surface area contributed by atoms with E-state index in [9.17, 15) is 0 Å². The molecular formula is C21H29IN6O2S. The quantitative estimate of drug-likeness (QED) is 0.236. The number of nitrogens with zero attached hydrogens (tertiary/aromatic N) is 4. The van der Waals surface area contributed by atoms with Crippen LogP contribution in [0.2, 0.25) is 0 Å². The highest BCUT2D eigenvalue weighted by Crippen LogP contribution is 2.30. The molecule has 0 unspecified atom stereocenters. The Morgan fingerprint density at radius 1 is 1.23 bits per heavy atom. The molecule has 2 N–H and O–H groups in total. The number of benzene rings is 1. The molecule has 0 saturated carbocycles. The van der Waals surface area contributed by atoms with E-state index in [4.69, 9.17) is 14.5 Å². The third-order valence-electron chi connectivity index (χ3n) is 4.53. The lowest BCUT2D eigenvalue weighted by molar-refractivity contribution is 0.311. The third-order valence-corrected chi connectivity index (χ3v) is 5.47. The van der Waals surface area contributed by atoms with Crippen LogP contribution in [0.4, 0.5) is 5.69 Å². The first-order valence-electron chi connectivity index (χ1n) is 9.84. The molecule has 31 heavy (non-hydrogen) atoms. The molecule has 0 bridgehead atoms. The highest BCUT2D eigenvalue weighted by Gasteiger charge is 2.09. The SMILES string of the molecule is CCOc1ccc(NC(=NCc2nnc(C)n2C)NCCc2cccs2)cc1OC.I. The minimum absolute atomic E-state index is 0. The average molecular weight is 556 g/mol. The fraction of sp³-hybridized carbons (Fsp3) is 0.381. The van der Waals surface area contributed by atoms with Crippen molar-refractivity contribution < 1.29 is 9.47 Å². The zero-order valence-electron chi connectivity index (χ0n) is 18.2. The van der Waals surface area contributed by atoms with E-state index in [0.29, 0.717) is 30.6 Å². The second kappa shape index (κ2) is 12.5. The average Bonchev–Trinajstić information content (AvgIpc) is 3.38. The van der Waals surface area contributed by atoms with E-state index in [-0.39, 0.29) is 24.0 Å². The topological polar surface area (TPSA) is 85.6 Å². The van der Waals surface area contributed by atoms with Gasteiger partial charge in [0.05, 0.1) is 13.7 Å². The van der Waals surface area contributed by atoms with Crippen molar-refractivity contribution in [3.8, 4) is 11.5 Å². The Morgan fingerprint density at radius 3 is 2.71 bits per heavy atom. The molecule has 0 fully saturated rings. The minimum Gasteiger partial charge on any atom is -0.493 e. The molecular weight excluding hydrogens is 527 g/mol. The fourth-order valence-electron chi connectivity index (χ4n) is 2.79. The van der Waals surface area contributed by atoms with Gasteiger partial charge in [-0.15, -0.1) is 45.5 Å². The number of ether oxygens (including phenoxy) is 2. The normalized spacial score (nSPS) is 11.0. The number of halogens is 1. The highest BCUT2D eigenvalue weighted by atomic mass is 127. The van der Waals surface area contributed by atoms with E-state index in [1.165, 1.54) is 4.88 Å². The number of aliphatic imine (C=N–C) groups is 1. The molecule has 0 aliphatic heterocycles. The molecule has 0 saturated heterocycles. The number of aromatic nitrogens is 3. The van der Waals surface area contributed by atoms with Gasteiger partial charge in [0.1, 0.15) is 12.4 Å². The Hall–Kier alpha value is -2.34.